The number of ether oxygens (including phenoxy) is 2. The van der Waals surface area contributed by atoms with Gasteiger partial charge in [-0.25, -0.2) is 8.42 Å². The van der Waals surface area contributed by atoms with Crippen LogP contribution in [0.5, 0.6) is 11.5 Å². The van der Waals surface area contributed by atoms with Crippen LogP contribution in [0.25, 0.3) is 0 Å². The summed E-state index contributed by atoms with van der Waals surface area (Å²) in [5.74, 6) is 2.46. The molecule has 1 heterocycles. The van der Waals surface area contributed by atoms with E-state index in [1.165, 1.54) is 24.6 Å². The first kappa shape index (κ1) is 20.3. The third-order valence-corrected chi connectivity index (χ3v) is 6.58. The van der Waals surface area contributed by atoms with Crippen molar-refractivity contribution >= 4 is 21.6 Å². The van der Waals surface area contributed by atoms with Crippen LogP contribution in [0.1, 0.15) is 42.5 Å². The number of hydrogen-bond acceptors (Lipinski definition) is 5. The Morgan fingerprint density at radius 3 is 2.60 bits per heavy atom. The lowest BCUT2D eigenvalue weighted by Gasteiger charge is -2.31. The second kappa shape index (κ2) is 8.01. The molecular weight excluding hydrogens is 404 g/mol. The number of hydrogen-bond donors (Lipinski definition) is 2. The van der Waals surface area contributed by atoms with Crippen molar-refractivity contribution in [2.45, 2.75) is 42.8 Å². The lowest BCUT2D eigenvalue weighted by atomic mass is 9.94. The molecule has 0 bridgehead atoms. The molecule has 1 aliphatic carbocycles. The number of benzene rings is 2. The molecule has 156 valence electrons. The van der Waals surface area contributed by atoms with Crippen molar-refractivity contribution in [3.8, 4) is 23.8 Å². The van der Waals surface area contributed by atoms with E-state index in [-0.39, 0.29) is 17.0 Å². The SMILES string of the molecule is C#CCNS(=O)(=O)c1cccc(C(=O)Nc2ccc3c(c2)OC2(CCCCC2)O3)c1. The zero-order valence-electron chi connectivity index (χ0n) is 16.3. The summed E-state index contributed by atoms with van der Waals surface area (Å²) in [5.41, 5.74) is 0.744. The van der Waals surface area contributed by atoms with E-state index in [0.717, 1.165) is 25.7 Å². The zero-order chi connectivity index (χ0) is 21.2. The van der Waals surface area contributed by atoms with Gasteiger partial charge in [-0.05, 0) is 43.2 Å². The highest BCUT2D eigenvalue weighted by molar-refractivity contribution is 7.89. The number of fused-ring (bicyclic) bond motifs is 1. The molecule has 2 aromatic carbocycles. The predicted octanol–water partition coefficient (Wildman–Crippen LogP) is 3.28. The average molecular weight is 426 g/mol. The molecule has 4 rings (SSSR count). The molecule has 1 spiro atoms. The number of carbonyl (C=O) groups excluding carboxylic acids is 1. The molecule has 0 aromatic heterocycles. The summed E-state index contributed by atoms with van der Waals surface area (Å²) in [7, 11) is -3.78. The van der Waals surface area contributed by atoms with Crippen molar-refractivity contribution in [1.82, 2.24) is 4.72 Å². The first-order valence-electron chi connectivity index (χ1n) is 9.77. The number of rotatable bonds is 5. The van der Waals surface area contributed by atoms with Crippen LogP contribution in [0.4, 0.5) is 5.69 Å². The molecule has 0 radical (unpaired) electrons. The fraction of sp³-hybridized carbons (Fsp3) is 0.318. The third kappa shape index (κ3) is 4.13. The third-order valence-electron chi connectivity index (χ3n) is 5.18. The number of amides is 1. The van der Waals surface area contributed by atoms with Gasteiger partial charge in [0.2, 0.25) is 10.0 Å². The topological polar surface area (TPSA) is 93.7 Å². The second-order valence-electron chi connectivity index (χ2n) is 7.35. The second-order valence-corrected chi connectivity index (χ2v) is 9.11. The molecule has 0 unspecified atom stereocenters. The van der Waals surface area contributed by atoms with Crippen LogP contribution in [-0.2, 0) is 10.0 Å². The monoisotopic (exact) mass is 426 g/mol. The summed E-state index contributed by atoms with van der Waals surface area (Å²) >= 11 is 0. The Kier molecular flexibility index (Phi) is 5.41. The van der Waals surface area contributed by atoms with Crippen molar-refractivity contribution < 1.29 is 22.7 Å². The minimum absolute atomic E-state index is 0.0321. The van der Waals surface area contributed by atoms with E-state index in [0.29, 0.717) is 17.2 Å². The Hall–Kier alpha value is -3.02. The van der Waals surface area contributed by atoms with Gasteiger partial charge in [0.25, 0.3) is 11.7 Å². The predicted molar refractivity (Wildman–Crippen MR) is 112 cm³/mol. The highest BCUT2D eigenvalue weighted by Crippen LogP contribution is 2.46. The largest absolute Gasteiger partial charge is 0.448 e. The standard InChI is InChI=1S/C22H22N2O5S/c1-2-13-23-30(26,27)18-8-6-7-16(14-18)21(25)24-17-9-10-19-20(15-17)29-22(28-19)11-4-3-5-12-22/h1,6-10,14-15,23H,3-5,11-13H2,(H,24,25). The van der Waals surface area contributed by atoms with Crippen molar-refractivity contribution in [3.05, 3.63) is 48.0 Å². The minimum Gasteiger partial charge on any atom is -0.448 e. The molecule has 1 aliphatic heterocycles. The molecule has 2 N–H and O–H groups in total. The van der Waals surface area contributed by atoms with Crippen LogP contribution in [0, 0.1) is 12.3 Å². The van der Waals surface area contributed by atoms with Crippen LogP contribution in [0.3, 0.4) is 0 Å². The van der Waals surface area contributed by atoms with Crippen LogP contribution in [-0.4, -0.2) is 26.7 Å². The minimum atomic E-state index is -3.78. The first-order chi connectivity index (χ1) is 14.4. The molecule has 0 saturated heterocycles. The number of carbonyl (C=O) groups is 1. The van der Waals surface area contributed by atoms with Crippen molar-refractivity contribution in [3.63, 3.8) is 0 Å². The Labute approximate surface area is 175 Å². The highest BCUT2D eigenvalue weighted by Gasteiger charge is 2.42. The maximum Gasteiger partial charge on any atom is 0.255 e. The summed E-state index contributed by atoms with van der Waals surface area (Å²) in [6, 6.07) is 11.0. The van der Waals surface area contributed by atoms with Gasteiger partial charge in [0.15, 0.2) is 11.5 Å². The molecule has 2 aliphatic rings. The molecule has 1 amide bonds. The van der Waals surface area contributed by atoms with Gasteiger partial charge < -0.3 is 14.8 Å². The van der Waals surface area contributed by atoms with Gasteiger partial charge in [-0.2, -0.15) is 4.72 Å². The summed E-state index contributed by atoms with van der Waals surface area (Å²) in [4.78, 5) is 12.6. The lowest BCUT2D eigenvalue weighted by molar-refractivity contribution is -0.105. The fourth-order valence-corrected chi connectivity index (χ4v) is 4.67. The maximum atomic E-state index is 12.7. The number of anilines is 1. The average Bonchev–Trinajstić information content (AvgIpc) is 3.09. The summed E-state index contributed by atoms with van der Waals surface area (Å²) in [5, 5.41) is 2.78. The fourth-order valence-electron chi connectivity index (χ4n) is 3.69. The van der Waals surface area contributed by atoms with Crippen molar-refractivity contribution in [2.75, 3.05) is 11.9 Å². The zero-order valence-corrected chi connectivity index (χ0v) is 17.1. The van der Waals surface area contributed by atoms with Crippen molar-refractivity contribution in [1.29, 1.82) is 0 Å². The van der Waals surface area contributed by atoms with E-state index >= 15 is 0 Å². The van der Waals surface area contributed by atoms with Crippen molar-refractivity contribution in [2.24, 2.45) is 0 Å². The Morgan fingerprint density at radius 1 is 1.07 bits per heavy atom. The molecule has 1 saturated carbocycles. The van der Waals surface area contributed by atoms with Gasteiger partial charge in [0.05, 0.1) is 11.4 Å². The van der Waals surface area contributed by atoms with Gasteiger partial charge in [-0.1, -0.05) is 18.4 Å². The summed E-state index contributed by atoms with van der Waals surface area (Å²) < 4.78 is 38.9. The Bertz CT molecular complexity index is 1110. The van der Waals surface area contributed by atoms with Crippen LogP contribution < -0.4 is 19.5 Å². The van der Waals surface area contributed by atoms with Gasteiger partial charge in [0.1, 0.15) is 0 Å². The summed E-state index contributed by atoms with van der Waals surface area (Å²) in [6.45, 7) is -0.128. The molecule has 2 aromatic rings. The number of sulfonamides is 1. The molecule has 7 nitrogen and oxygen atoms in total. The highest BCUT2D eigenvalue weighted by atomic mass is 32.2. The number of terminal acetylenes is 1. The van der Waals surface area contributed by atoms with E-state index < -0.39 is 21.7 Å². The normalized spacial score (nSPS) is 16.8. The Morgan fingerprint density at radius 2 is 1.83 bits per heavy atom. The van der Waals surface area contributed by atoms with E-state index in [1.54, 1.807) is 24.3 Å². The van der Waals surface area contributed by atoms with E-state index in [1.807, 2.05) is 0 Å². The quantitative estimate of drug-likeness (QED) is 0.716. The lowest BCUT2D eigenvalue weighted by Crippen LogP contribution is -2.40. The smallest absolute Gasteiger partial charge is 0.255 e. The van der Waals surface area contributed by atoms with E-state index in [9.17, 15) is 13.2 Å². The summed E-state index contributed by atoms with van der Waals surface area (Å²) in [6.07, 6.45) is 10.1. The Balaban J connectivity index is 1.49. The van der Waals surface area contributed by atoms with Gasteiger partial charge in [-0.3, -0.25) is 4.79 Å². The maximum absolute atomic E-state index is 12.7. The van der Waals surface area contributed by atoms with Crippen LogP contribution in [0.15, 0.2) is 47.4 Å². The van der Waals surface area contributed by atoms with Crippen LogP contribution >= 0.6 is 0 Å². The van der Waals surface area contributed by atoms with E-state index in [2.05, 4.69) is 16.0 Å². The molecule has 0 atom stereocenters. The number of nitrogens with one attached hydrogen (secondary N) is 2. The first-order valence-corrected chi connectivity index (χ1v) is 11.3. The molecule has 30 heavy (non-hydrogen) atoms. The van der Waals surface area contributed by atoms with Crippen LogP contribution in [0.2, 0.25) is 0 Å². The molecular formula is C22H22N2O5S. The van der Waals surface area contributed by atoms with Gasteiger partial charge >= 0.3 is 0 Å². The van der Waals surface area contributed by atoms with Gasteiger partial charge in [0, 0.05) is 30.2 Å². The molecule has 8 heteroatoms. The van der Waals surface area contributed by atoms with E-state index in [4.69, 9.17) is 15.9 Å². The van der Waals surface area contributed by atoms with Gasteiger partial charge in [-0.15, -0.1) is 6.42 Å². The molecule has 1 fully saturated rings.